The summed E-state index contributed by atoms with van der Waals surface area (Å²) in [5.74, 6) is -1.16. The number of carbonyl (C=O) groups excluding carboxylic acids is 1. The van der Waals surface area contributed by atoms with E-state index in [9.17, 15) is 13.4 Å². The molecule has 8 heteroatoms. The van der Waals surface area contributed by atoms with Gasteiger partial charge in [-0.25, -0.2) is 13.6 Å². The van der Waals surface area contributed by atoms with Gasteiger partial charge in [0.15, 0.2) is 0 Å². The third-order valence-corrected chi connectivity index (χ3v) is 6.85. The number of benzene rings is 2. The van der Waals surface area contributed by atoms with Crippen LogP contribution in [-0.4, -0.2) is 40.7 Å². The van der Waals surface area contributed by atoms with Gasteiger partial charge in [-0.3, -0.25) is 4.79 Å². The highest BCUT2D eigenvalue weighted by Crippen LogP contribution is 2.32. The number of aliphatic imine (C=N–C) groups is 1. The predicted octanol–water partition coefficient (Wildman–Crippen LogP) is 5.09. The maximum absolute atomic E-state index is 13.4. The summed E-state index contributed by atoms with van der Waals surface area (Å²) in [6.07, 6.45) is 1.66. The third kappa shape index (κ3) is 5.17. The van der Waals surface area contributed by atoms with Gasteiger partial charge in [0.2, 0.25) is 0 Å². The lowest BCUT2D eigenvalue weighted by atomic mass is 10.2. The first-order valence-electron chi connectivity index (χ1n) is 8.79. The minimum Gasteiger partial charge on any atom is -0.366 e. The first kappa shape index (κ1) is 22.0. The third-order valence-electron chi connectivity index (χ3n) is 4.17. The van der Waals surface area contributed by atoms with E-state index >= 15 is 0 Å². The van der Waals surface area contributed by atoms with Crippen LogP contribution in [-0.2, 0) is 9.73 Å². The molecule has 1 unspecified atom stereocenters. The average Bonchev–Trinajstić information content (AvgIpc) is 2.67. The van der Waals surface area contributed by atoms with Crippen LogP contribution in [0.2, 0.25) is 5.02 Å². The van der Waals surface area contributed by atoms with Gasteiger partial charge in [0.25, 0.3) is 5.91 Å². The molecule has 2 aromatic carbocycles. The molecule has 0 saturated heterocycles. The summed E-state index contributed by atoms with van der Waals surface area (Å²) >= 11 is 6.33. The molecule has 1 atom stereocenters. The quantitative estimate of drug-likeness (QED) is 0.480. The van der Waals surface area contributed by atoms with Crippen molar-refractivity contribution in [2.24, 2.45) is 9.36 Å². The Morgan fingerprint density at radius 1 is 1.29 bits per heavy atom. The highest BCUT2D eigenvalue weighted by molar-refractivity contribution is 7.94. The second-order valence-corrected chi connectivity index (χ2v) is 9.11. The summed E-state index contributed by atoms with van der Waals surface area (Å²) in [7, 11) is -1.18. The van der Waals surface area contributed by atoms with Crippen LogP contribution in [0.25, 0.3) is 0 Å². The SMILES string of the molecule is CCN(C)/C=N/c1cc(C)c(S(=O)(CC)=NC(=O)c2cccc(F)c2)cc1Cl. The molecule has 0 bridgehead atoms. The summed E-state index contributed by atoms with van der Waals surface area (Å²) in [5, 5.41) is 0.316. The summed E-state index contributed by atoms with van der Waals surface area (Å²) < 4.78 is 30.8. The van der Waals surface area contributed by atoms with Crippen molar-refractivity contribution in [1.29, 1.82) is 0 Å². The molecule has 1 amide bonds. The van der Waals surface area contributed by atoms with Gasteiger partial charge in [-0.2, -0.15) is 4.36 Å². The Kier molecular flexibility index (Phi) is 7.32. The van der Waals surface area contributed by atoms with Crippen LogP contribution in [0.3, 0.4) is 0 Å². The zero-order valence-corrected chi connectivity index (χ0v) is 17.9. The van der Waals surface area contributed by atoms with E-state index in [2.05, 4.69) is 9.36 Å². The van der Waals surface area contributed by atoms with E-state index in [1.165, 1.54) is 18.2 Å². The molecule has 2 rings (SSSR count). The normalized spacial score (nSPS) is 13.4. The molecular weight excluding hydrogens is 401 g/mol. The molecule has 0 radical (unpaired) electrons. The van der Waals surface area contributed by atoms with Crippen LogP contribution >= 0.6 is 11.6 Å². The van der Waals surface area contributed by atoms with Crippen LogP contribution in [0.15, 0.2) is 50.6 Å². The molecule has 0 aromatic heterocycles. The van der Waals surface area contributed by atoms with E-state index in [-0.39, 0.29) is 11.3 Å². The second kappa shape index (κ2) is 9.30. The van der Waals surface area contributed by atoms with Crippen LogP contribution in [0, 0.1) is 12.7 Å². The van der Waals surface area contributed by atoms with E-state index in [1.807, 2.05) is 18.9 Å². The summed E-state index contributed by atoms with van der Waals surface area (Å²) in [6.45, 7) is 6.24. The predicted molar refractivity (Wildman–Crippen MR) is 113 cm³/mol. The van der Waals surface area contributed by atoms with Crippen molar-refractivity contribution >= 4 is 39.3 Å². The monoisotopic (exact) mass is 423 g/mol. The molecule has 0 saturated carbocycles. The Morgan fingerprint density at radius 3 is 2.61 bits per heavy atom. The number of carbonyl (C=O) groups is 1. The zero-order chi connectivity index (χ0) is 20.9. The Bertz CT molecular complexity index is 1030. The zero-order valence-electron chi connectivity index (χ0n) is 16.3. The largest absolute Gasteiger partial charge is 0.366 e. The smallest absolute Gasteiger partial charge is 0.285 e. The Hall–Kier alpha value is -2.25. The molecule has 0 aliphatic heterocycles. The van der Waals surface area contributed by atoms with Crippen molar-refractivity contribution in [3.05, 3.63) is 58.4 Å². The topological polar surface area (TPSA) is 62.1 Å². The summed E-state index contributed by atoms with van der Waals surface area (Å²) in [5.41, 5.74) is 1.25. The first-order chi connectivity index (χ1) is 13.2. The van der Waals surface area contributed by atoms with Crippen molar-refractivity contribution < 1.29 is 13.4 Å². The lowest BCUT2D eigenvalue weighted by molar-refractivity contribution is 0.100. The van der Waals surface area contributed by atoms with Gasteiger partial charge in [0, 0.05) is 24.9 Å². The fourth-order valence-corrected chi connectivity index (χ4v) is 4.46. The van der Waals surface area contributed by atoms with Crippen molar-refractivity contribution in [3.63, 3.8) is 0 Å². The number of amides is 1. The van der Waals surface area contributed by atoms with Gasteiger partial charge < -0.3 is 4.90 Å². The van der Waals surface area contributed by atoms with Crippen molar-refractivity contribution in [3.8, 4) is 0 Å². The minimum atomic E-state index is -3.07. The minimum absolute atomic E-state index is 0.0498. The van der Waals surface area contributed by atoms with Crippen LogP contribution in [0.5, 0.6) is 0 Å². The van der Waals surface area contributed by atoms with E-state index in [4.69, 9.17) is 11.6 Å². The number of rotatable bonds is 6. The molecule has 0 N–H and O–H groups in total. The number of aryl methyl sites for hydroxylation is 1. The highest BCUT2D eigenvalue weighted by atomic mass is 35.5. The van der Waals surface area contributed by atoms with Gasteiger partial charge in [-0.15, -0.1) is 0 Å². The molecular formula is C20H23ClFN3O2S. The van der Waals surface area contributed by atoms with Gasteiger partial charge in [-0.1, -0.05) is 24.6 Å². The number of halogens is 2. The average molecular weight is 424 g/mol. The summed E-state index contributed by atoms with van der Waals surface area (Å²) in [4.78, 5) is 19.1. The van der Waals surface area contributed by atoms with E-state index in [0.717, 1.165) is 12.6 Å². The van der Waals surface area contributed by atoms with E-state index in [1.54, 1.807) is 32.3 Å². The second-order valence-electron chi connectivity index (χ2n) is 6.22. The fraction of sp³-hybridized carbons (Fsp3) is 0.300. The molecule has 0 fully saturated rings. The molecule has 2 aromatic rings. The molecule has 0 aliphatic carbocycles. The van der Waals surface area contributed by atoms with E-state index in [0.29, 0.717) is 21.2 Å². The Morgan fingerprint density at radius 2 is 2.00 bits per heavy atom. The van der Waals surface area contributed by atoms with Crippen LogP contribution < -0.4 is 0 Å². The van der Waals surface area contributed by atoms with Gasteiger partial charge in [0.05, 0.1) is 31.7 Å². The molecule has 28 heavy (non-hydrogen) atoms. The highest BCUT2D eigenvalue weighted by Gasteiger charge is 2.19. The molecule has 5 nitrogen and oxygen atoms in total. The summed E-state index contributed by atoms with van der Waals surface area (Å²) in [6, 6.07) is 8.41. The van der Waals surface area contributed by atoms with Gasteiger partial charge in [0.1, 0.15) is 5.82 Å². The molecule has 150 valence electrons. The molecule has 0 spiro atoms. The number of hydrogen-bond acceptors (Lipinski definition) is 3. The molecule has 0 heterocycles. The van der Waals surface area contributed by atoms with Crippen LogP contribution in [0.4, 0.5) is 10.1 Å². The van der Waals surface area contributed by atoms with Crippen molar-refractivity contribution in [1.82, 2.24) is 4.90 Å². The number of nitrogens with zero attached hydrogens (tertiary/aromatic N) is 3. The van der Waals surface area contributed by atoms with Crippen LogP contribution in [0.1, 0.15) is 29.8 Å². The standard InChI is InChI=1S/C20H23ClFN3O2S/c1-5-25(4)13-23-18-10-14(3)19(12-17(18)21)28(27,6-2)24-20(26)15-8-7-9-16(22)11-15/h7-13H,5-6H2,1-4H3/b23-13+. The first-order valence-corrected chi connectivity index (χ1v) is 10.9. The number of hydrogen-bond donors (Lipinski definition) is 0. The molecule has 0 aliphatic rings. The Labute approximate surface area is 170 Å². The van der Waals surface area contributed by atoms with Crippen molar-refractivity contribution in [2.45, 2.75) is 25.7 Å². The lowest BCUT2D eigenvalue weighted by Gasteiger charge is -2.13. The van der Waals surface area contributed by atoms with Gasteiger partial charge in [-0.05, 0) is 49.7 Å². The fourth-order valence-electron chi connectivity index (χ4n) is 2.41. The maximum atomic E-state index is 13.4. The maximum Gasteiger partial charge on any atom is 0.285 e. The van der Waals surface area contributed by atoms with Gasteiger partial charge >= 0.3 is 0 Å². The lowest BCUT2D eigenvalue weighted by Crippen LogP contribution is -2.14. The van der Waals surface area contributed by atoms with Crippen molar-refractivity contribution in [2.75, 3.05) is 19.3 Å². The van der Waals surface area contributed by atoms with E-state index < -0.39 is 21.5 Å². The Balaban J connectivity index is 2.50.